The number of aliphatic hydroxyl groups is 1. The van der Waals surface area contributed by atoms with Crippen molar-refractivity contribution < 1.29 is 9.84 Å². The van der Waals surface area contributed by atoms with Crippen molar-refractivity contribution in [2.24, 2.45) is 0 Å². The van der Waals surface area contributed by atoms with Crippen LogP contribution in [0.4, 0.5) is 0 Å². The molecule has 17 heavy (non-hydrogen) atoms. The Hall–Kier alpha value is -1.39. The topological polar surface area (TPSA) is 42.4 Å². The van der Waals surface area contributed by atoms with E-state index in [4.69, 9.17) is 4.74 Å². The molecule has 0 radical (unpaired) electrons. The fraction of sp³-hybridized carbons (Fsp3) is 0.308. The van der Waals surface area contributed by atoms with Crippen molar-refractivity contribution in [3.8, 4) is 5.75 Å². The summed E-state index contributed by atoms with van der Waals surface area (Å²) in [6.45, 7) is 2.45. The second kappa shape index (κ2) is 5.80. The van der Waals surface area contributed by atoms with Gasteiger partial charge in [0.2, 0.25) is 0 Å². The van der Waals surface area contributed by atoms with Crippen LogP contribution in [0.1, 0.15) is 29.9 Å². The summed E-state index contributed by atoms with van der Waals surface area (Å²) in [5.74, 6) is 0.746. The smallest absolute Gasteiger partial charge is 0.125 e. The zero-order valence-corrected chi connectivity index (χ0v) is 10.5. The Morgan fingerprint density at radius 3 is 2.94 bits per heavy atom. The summed E-state index contributed by atoms with van der Waals surface area (Å²) < 4.78 is 5.71. The zero-order valence-electron chi connectivity index (χ0n) is 9.67. The molecule has 1 aromatic heterocycles. The number of rotatable bonds is 5. The molecule has 1 atom stereocenters. The van der Waals surface area contributed by atoms with Crippen LogP contribution in [0, 0.1) is 0 Å². The standard InChI is InChI=1S/C13H15NO2S/c1-2-12(15)11-5-3-4-6-13(11)16-8-10-7-14-9-17-10/h3-7,9,12,15H,2,8H2,1H3/t12-/m1/s1. The van der Waals surface area contributed by atoms with Crippen molar-refractivity contribution in [2.45, 2.75) is 26.1 Å². The van der Waals surface area contributed by atoms with Gasteiger partial charge in [0.1, 0.15) is 12.4 Å². The van der Waals surface area contributed by atoms with Gasteiger partial charge in [-0.25, -0.2) is 0 Å². The van der Waals surface area contributed by atoms with Crippen LogP contribution < -0.4 is 4.74 Å². The molecule has 0 fully saturated rings. The van der Waals surface area contributed by atoms with Gasteiger partial charge in [-0.05, 0) is 12.5 Å². The van der Waals surface area contributed by atoms with Crippen molar-refractivity contribution in [3.63, 3.8) is 0 Å². The Labute approximate surface area is 105 Å². The van der Waals surface area contributed by atoms with Crippen molar-refractivity contribution in [2.75, 3.05) is 0 Å². The van der Waals surface area contributed by atoms with E-state index in [1.165, 1.54) is 0 Å². The predicted octanol–water partition coefficient (Wildman–Crippen LogP) is 3.17. The van der Waals surface area contributed by atoms with Gasteiger partial charge in [0, 0.05) is 11.8 Å². The molecule has 4 heteroatoms. The number of hydrogen-bond donors (Lipinski definition) is 1. The molecule has 0 unspecified atom stereocenters. The zero-order chi connectivity index (χ0) is 12.1. The maximum Gasteiger partial charge on any atom is 0.125 e. The Morgan fingerprint density at radius 1 is 1.41 bits per heavy atom. The summed E-state index contributed by atoms with van der Waals surface area (Å²) in [5.41, 5.74) is 2.63. The number of ether oxygens (including phenoxy) is 1. The maximum absolute atomic E-state index is 9.88. The highest BCUT2D eigenvalue weighted by molar-refractivity contribution is 7.09. The minimum absolute atomic E-state index is 0.465. The second-order valence-electron chi connectivity index (χ2n) is 3.72. The molecule has 0 spiro atoms. The van der Waals surface area contributed by atoms with Crippen LogP contribution in [0.5, 0.6) is 5.75 Å². The summed E-state index contributed by atoms with van der Waals surface area (Å²) in [6, 6.07) is 7.60. The Kier molecular flexibility index (Phi) is 4.12. The molecule has 90 valence electrons. The van der Waals surface area contributed by atoms with Gasteiger partial charge in [-0.1, -0.05) is 25.1 Å². The predicted molar refractivity (Wildman–Crippen MR) is 68.1 cm³/mol. The maximum atomic E-state index is 9.88. The lowest BCUT2D eigenvalue weighted by atomic mass is 10.1. The quantitative estimate of drug-likeness (QED) is 0.885. The molecular weight excluding hydrogens is 234 g/mol. The first kappa shape index (κ1) is 12.1. The van der Waals surface area contributed by atoms with Gasteiger partial charge in [-0.3, -0.25) is 4.98 Å². The van der Waals surface area contributed by atoms with Crippen LogP contribution in [0.3, 0.4) is 0 Å². The Morgan fingerprint density at radius 2 is 2.24 bits per heavy atom. The first-order chi connectivity index (χ1) is 8.31. The fourth-order valence-electron chi connectivity index (χ4n) is 1.57. The number of thiazole rings is 1. The van der Waals surface area contributed by atoms with E-state index in [2.05, 4.69) is 4.98 Å². The number of aliphatic hydroxyl groups excluding tert-OH is 1. The molecule has 0 aliphatic carbocycles. The number of aromatic nitrogens is 1. The van der Waals surface area contributed by atoms with Crippen LogP contribution in [0.15, 0.2) is 36.0 Å². The van der Waals surface area contributed by atoms with Crippen LogP contribution >= 0.6 is 11.3 Å². The van der Waals surface area contributed by atoms with Gasteiger partial charge in [-0.15, -0.1) is 11.3 Å². The van der Waals surface area contributed by atoms with E-state index in [0.29, 0.717) is 13.0 Å². The highest BCUT2D eigenvalue weighted by Gasteiger charge is 2.11. The molecule has 1 aromatic carbocycles. The molecule has 0 aliphatic rings. The summed E-state index contributed by atoms with van der Waals surface area (Å²) >= 11 is 1.56. The lowest BCUT2D eigenvalue weighted by Gasteiger charge is -2.14. The lowest BCUT2D eigenvalue weighted by Crippen LogP contribution is -2.01. The van der Waals surface area contributed by atoms with Gasteiger partial charge in [0.15, 0.2) is 0 Å². The number of benzene rings is 1. The third-order valence-electron chi connectivity index (χ3n) is 2.52. The molecule has 1 heterocycles. The molecule has 1 N–H and O–H groups in total. The normalized spacial score (nSPS) is 12.4. The average Bonchev–Trinajstić information content (AvgIpc) is 2.89. The van der Waals surface area contributed by atoms with Crippen molar-refractivity contribution >= 4 is 11.3 Å². The number of nitrogens with zero attached hydrogens (tertiary/aromatic N) is 1. The number of hydrogen-bond acceptors (Lipinski definition) is 4. The van der Waals surface area contributed by atoms with Gasteiger partial charge in [-0.2, -0.15) is 0 Å². The highest BCUT2D eigenvalue weighted by atomic mass is 32.1. The van der Waals surface area contributed by atoms with E-state index < -0.39 is 6.10 Å². The second-order valence-corrected chi connectivity index (χ2v) is 4.69. The summed E-state index contributed by atoms with van der Waals surface area (Å²) in [6.07, 6.45) is 2.01. The van der Waals surface area contributed by atoms with E-state index in [1.54, 1.807) is 23.0 Å². The highest BCUT2D eigenvalue weighted by Crippen LogP contribution is 2.27. The third kappa shape index (κ3) is 3.05. The molecule has 3 nitrogen and oxygen atoms in total. The first-order valence-corrected chi connectivity index (χ1v) is 6.46. The molecule has 2 rings (SSSR count). The molecule has 2 aromatic rings. The van der Waals surface area contributed by atoms with Crippen LogP contribution in [0.2, 0.25) is 0 Å². The first-order valence-electron chi connectivity index (χ1n) is 5.58. The van der Waals surface area contributed by atoms with Crippen LogP contribution in [-0.2, 0) is 6.61 Å². The van der Waals surface area contributed by atoms with Crippen molar-refractivity contribution in [1.82, 2.24) is 4.98 Å². The summed E-state index contributed by atoms with van der Waals surface area (Å²) in [7, 11) is 0. The van der Waals surface area contributed by atoms with E-state index in [-0.39, 0.29) is 0 Å². The molecule has 0 saturated heterocycles. The van der Waals surface area contributed by atoms with Crippen LogP contribution in [0.25, 0.3) is 0 Å². The molecule has 0 bridgehead atoms. The van der Waals surface area contributed by atoms with Crippen molar-refractivity contribution in [1.29, 1.82) is 0 Å². The van der Waals surface area contributed by atoms with Crippen molar-refractivity contribution in [3.05, 3.63) is 46.4 Å². The Balaban J connectivity index is 2.09. The third-order valence-corrected chi connectivity index (χ3v) is 3.27. The fourth-order valence-corrected chi connectivity index (χ4v) is 2.08. The average molecular weight is 249 g/mol. The number of para-hydroxylation sites is 1. The van der Waals surface area contributed by atoms with Gasteiger partial charge < -0.3 is 9.84 Å². The van der Waals surface area contributed by atoms with Gasteiger partial charge in [0.05, 0.1) is 16.5 Å². The van der Waals surface area contributed by atoms with Gasteiger partial charge in [0.25, 0.3) is 0 Å². The summed E-state index contributed by atoms with van der Waals surface area (Å²) in [5, 5.41) is 9.88. The largest absolute Gasteiger partial charge is 0.488 e. The monoisotopic (exact) mass is 249 g/mol. The Bertz CT molecular complexity index is 456. The molecular formula is C13H15NO2S. The molecule has 0 saturated carbocycles. The minimum atomic E-state index is -0.465. The molecule has 0 amide bonds. The lowest BCUT2D eigenvalue weighted by molar-refractivity contribution is 0.166. The van der Waals surface area contributed by atoms with E-state index in [9.17, 15) is 5.11 Å². The van der Waals surface area contributed by atoms with E-state index in [1.807, 2.05) is 31.2 Å². The minimum Gasteiger partial charge on any atom is -0.488 e. The summed E-state index contributed by atoms with van der Waals surface area (Å²) in [4.78, 5) is 5.07. The molecule has 0 aliphatic heterocycles. The van der Waals surface area contributed by atoms with Gasteiger partial charge >= 0.3 is 0 Å². The van der Waals surface area contributed by atoms with E-state index in [0.717, 1.165) is 16.2 Å². The van der Waals surface area contributed by atoms with E-state index >= 15 is 0 Å². The van der Waals surface area contributed by atoms with Crippen LogP contribution in [-0.4, -0.2) is 10.1 Å². The SMILES string of the molecule is CC[C@@H](O)c1ccccc1OCc1cncs1.